The number of halogens is 1. The molecule has 4 nitrogen and oxygen atoms in total. The molecule has 1 N–H and O–H groups in total. The predicted molar refractivity (Wildman–Crippen MR) is 71.3 cm³/mol. The Balaban J connectivity index is 2.26. The molecule has 20 heavy (non-hydrogen) atoms. The summed E-state index contributed by atoms with van der Waals surface area (Å²) < 4.78 is 17.9. The molecule has 0 saturated heterocycles. The fourth-order valence-corrected chi connectivity index (χ4v) is 1.91. The third-order valence-corrected chi connectivity index (χ3v) is 2.96. The van der Waals surface area contributed by atoms with Crippen LogP contribution in [0.4, 0.5) is 4.39 Å². The van der Waals surface area contributed by atoms with Crippen LogP contribution in [0.5, 0.6) is 5.88 Å². The molecule has 5 heteroatoms. The van der Waals surface area contributed by atoms with Gasteiger partial charge in [-0.3, -0.25) is 4.79 Å². The first kappa shape index (κ1) is 14.0. The van der Waals surface area contributed by atoms with Gasteiger partial charge in [0.25, 0.3) is 0 Å². The molecular formula is C15H14FNO3. The molecule has 2 rings (SSSR count). The van der Waals surface area contributed by atoms with Crippen LogP contribution < -0.4 is 4.74 Å². The monoisotopic (exact) mass is 275 g/mol. The highest BCUT2D eigenvalue weighted by Gasteiger charge is 2.22. The van der Waals surface area contributed by atoms with Gasteiger partial charge in [-0.25, -0.2) is 9.37 Å². The summed E-state index contributed by atoms with van der Waals surface area (Å²) in [5, 5.41) is 9.35. The number of methoxy groups -OCH3 is 1. The van der Waals surface area contributed by atoms with E-state index >= 15 is 0 Å². The van der Waals surface area contributed by atoms with Gasteiger partial charge in [-0.15, -0.1) is 0 Å². The van der Waals surface area contributed by atoms with Gasteiger partial charge in [0.1, 0.15) is 11.7 Å². The first-order valence-corrected chi connectivity index (χ1v) is 6.08. The van der Waals surface area contributed by atoms with Crippen LogP contribution in [-0.2, 0) is 11.2 Å². The molecule has 1 aromatic carbocycles. The first-order chi connectivity index (χ1) is 9.60. The lowest BCUT2D eigenvalue weighted by atomic mass is 9.96. The average Bonchev–Trinajstić information content (AvgIpc) is 2.46. The number of carboxylic acids is 1. The van der Waals surface area contributed by atoms with Crippen LogP contribution in [0.2, 0.25) is 0 Å². The number of nitrogens with zero attached hydrogens (tertiary/aromatic N) is 1. The molecule has 0 radical (unpaired) electrons. The molecule has 0 fully saturated rings. The zero-order chi connectivity index (χ0) is 14.5. The summed E-state index contributed by atoms with van der Waals surface area (Å²) in [6.45, 7) is 0. The second kappa shape index (κ2) is 6.14. The topological polar surface area (TPSA) is 59.4 Å². The number of carbonyl (C=O) groups is 1. The predicted octanol–water partition coefficient (Wildman–Crippen LogP) is 2.64. The zero-order valence-electron chi connectivity index (χ0n) is 10.9. The highest BCUT2D eigenvalue weighted by molar-refractivity contribution is 5.75. The van der Waals surface area contributed by atoms with E-state index < -0.39 is 11.9 Å². The van der Waals surface area contributed by atoms with Crippen molar-refractivity contribution in [3.05, 3.63) is 59.5 Å². The third kappa shape index (κ3) is 3.32. The smallest absolute Gasteiger partial charge is 0.312 e. The third-order valence-electron chi connectivity index (χ3n) is 2.96. The van der Waals surface area contributed by atoms with E-state index in [0.717, 1.165) is 5.56 Å². The van der Waals surface area contributed by atoms with Gasteiger partial charge in [0.15, 0.2) is 0 Å². The van der Waals surface area contributed by atoms with Gasteiger partial charge in [-0.2, -0.15) is 0 Å². The zero-order valence-corrected chi connectivity index (χ0v) is 10.9. The number of pyridine rings is 1. The minimum absolute atomic E-state index is 0.246. The fourth-order valence-electron chi connectivity index (χ4n) is 1.91. The summed E-state index contributed by atoms with van der Waals surface area (Å²) in [5.74, 6) is -1.75. The summed E-state index contributed by atoms with van der Waals surface area (Å²) in [5.41, 5.74) is 1.16. The number of carboxylic acid groups (broad SMARTS) is 1. The van der Waals surface area contributed by atoms with Gasteiger partial charge < -0.3 is 9.84 Å². The summed E-state index contributed by atoms with van der Waals surface area (Å²) in [6, 6.07) is 10.8. The molecule has 0 amide bonds. The van der Waals surface area contributed by atoms with Crippen LogP contribution in [-0.4, -0.2) is 23.2 Å². The number of ether oxygens (including phenoxy) is 1. The number of benzene rings is 1. The number of rotatable bonds is 5. The van der Waals surface area contributed by atoms with E-state index in [9.17, 15) is 14.3 Å². The average molecular weight is 275 g/mol. The second-order valence-corrected chi connectivity index (χ2v) is 4.33. The van der Waals surface area contributed by atoms with Crippen molar-refractivity contribution in [1.82, 2.24) is 4.98 Å². The van der Waals surface area contributed by atoms with E-state index in [2.05, 4.69) is 4.98 Å². The number of aliphatic carboxylic acids is 1. The van der Waals surface area contributed by atoms with Crippen molar-refractivity contribution in [2.24, 2.45) is 0 Å². The maximum Gasteiger partial charge on any atom is 0.312 e. The Morgan fingerprint density at radius 3 is 2.60 bits per heavy atom. The Kier molecular flexibility index (Phi) is 4.30. The van der Waals surface area contributed by atoms with E-state index in [0.29, 0.717) is 11.6 Å². The molecule has 1 aromatic heterocycles. The van der Waals surface area contributed by atoms with E-state index in [4.69, 9.17) is 4.74 Å². The molecule has 1 heterocycles. The van der Waals surface area contributed by atoms with Gasteiger partial charge in [-0.1, -0.05) is 18.2 Å². The number of hydrogen-bond acceptors (Lipinski definition) is 3. The molecular weight excluding hydrogens is 261 g/mol. The SMILES string of the molecule is COc1cccc(C(Cc2ccc(F)cc2)C(=O)O)n1. The number of hydrogen-bond donors (Lipinski definition) is 1. The Morgan fingerprint density at radius 1 is 1.30 bits per heavy atom. The van der Waals surface area contributed by atoms with Gasteiger partial charge >= 0.3 is 5.97 Å². The Hall–Kier alpha value is -2.43. The lowest BCUT2D eigenvalue weighted by Gasteiger charge is -2.12. The standard InChI is InChI=1S/C15H14FNO3/c1-20-14-4-2-3-13(17-14)12(15(18)19)9-10-5-7-11(16)8-6-10/h2-8,12H,9H2,1H3,(H,18,19). The fraction of sp³-hybridized carbons (Fsp3) is 0.200. The molecule has 0 saturated carbocycles. The van der Waals surface area contributed by atoms with Gasteiger partial charge in [0.05, 0.1) is 12.8 Å². The van der Waals surface area contributed by atoms with Crippen molar-refractivity contribution < 1.29 is 19.0 Å². The van der Waals surface area contributed by atoms with E-state index in [1.54, 1.807) is 30.3 Å². The van der Waals surface area contributed by atoms with Crippen molar-refractivity contribution in [2.75, 3.05) is 7.11 Å². The van der Waals surface area contributed by atoms with E-state index in [-0.39, 0.29) is 12.2 Å². The van der Waals surface area contributed by atoms with Crippen LogP contribution in [0.3, 0.4) is 0 Å². The Bertz CT molecular complexity index is 598. The van der Waals surface area contributed by atoms with Crippen LogP contribution >= 0.6 is 0 Å². The second-order valence-electron chi connectivity index (χ2n) is 4.33. The first-order valence-electron chi connectivity index (χ1n) is 6.08. The molecule has 104 valence electrons. The van der Waals surface area contributed by atoms with E-state index in [1.165, 1.54) is 19.2 Å². The van der Waals surface area contributed by atoms with Crippen molar-refractivity contribution in [1.29, 1.82) is 0 Å². The van der Waals surface area contributed by atoms with Gasteiger partial charge in [0.2, 0.25) is 5.88 Å². The minimum atomic E-state index is -0.977. The maximum atomic E-state index is 12.9. The van der Waals surface area contributed by atoms with Crippen LogP contribution in [0.25, 0.3) is 0 Å². The van der Waals surface area contributed by atoms with Crippen LogP contribution in [0.15, 0.2) is 42.5 Å². The molecule has 0 aliphatic rings. The van der Waals surface area contributed by atoms with Crippen molar-refractivity contribution in [3.8, 4) is 5.88 Å². The number of aromatic nitrogens is 1. The summed E-state index contributed by atoms with van der Waals surface area (Å²) in [4.78, 5) is 15.6. The minimum Gasteiger partial charge on any atom is -0.481 e. The van der Waals surface area contributed by atoms with Crippen molar-refractivity contribution in [3.63, 3.8) is 0 Å². The normalized spacial score (nSPS) is 11.9. The molecule has 0 aliphatic carbocycles. The lowest BCUT2D eigenvalue weighted by molar-refractivity contribution is -0.138. The maximum absolute atomic E-state index is 12.9. The van der Waals surface area contributed by atoms with Crippen LogP contribution in [0.1, 0.15) is 17.2 Å². The molecule has 0 spiro atoms. The highest BCUT2D eigenvalue weighted by Crippen LogP contribution is 2.22. The Morgan fingerprint density at radius 2 is 2.00 bits per heavy atom. The largest absolute Gasteiger partial charge is 0.481 e. The summed E-state index contributed by atoms with van der Waals surface area (Å²) >= 11 is 0. The lowest BCUT2D eigenvalue weighted by Crippen LogP contribution is -2.16. The highest BCUT2D eigenvalue weighted by atomic mass is 19.1. The molecule has 1 atom stereocenters. The Labute approximate surface area is 115 Å². The molecule has 1 unspecified atom stereocenters. The molecule has 0 bridgehead atoms. The summed E-state index contributed by atoms with van der Waals surface area (Å²) in [6.07, 6.45) is 0.246. The quantitative estimate of drug-likeness (QED) is 0.911. The molecule has 0 aliphatic heterocycles. The van der Waals surface area contributed by atoms with Crippen LogP contribution in [0, 0.1) is 5.82 Å². The van der Waals surface area contributed by atoms with Crippen molar-refractivity contribution in [2.45, 2.75) is 12.3 Å². The van der Waals surface area contributed by atoms with Gasteiger partial charge in [0, 0.05) is 6.07 Å². The molecule has 2 aromatic rings. The van der Waals surface area contributed by atoms with Gasteiger partial charge in [-0.05, 0) is 30.2 Å². The van der Waals surface area contributed by atoms with Crippen molar-refractivity contribution >= 4 is 5.97 Å². The van der Waals surface area contributed by atoms with E-state index in [1.807, 2.05) is 0 Å². The summed E-state index contributed by atoms with van der Waals surface area (Å²) in [7, 11) is 1.47.